The molecule has 0 radical (unpaired) electrons. The van der Waals surface area contributed by atoms with Gasteiger partial charge < -0.3 is 10.6 Å². The molecule has 1 atom stereocenters. The van der Waals surface area contributed by atoms with E-state index in [4.69, 9.17) is 0 Å². The van der Waals surface area contributed by atoms with E-state index < -0.39 is 0 Å². The Morgan fingerprint density at radius 2 is 1.77 bits per heavy atom. The Bertz CT molecular complexity index is 647. The van der Waals surface area contributed by atoms with Crippen molar-refractivity contribution < 1.29 is 4.79 Å². The number of hydrogen-bond donors (Lipinski definition) is 2. The smallest absolute Gasteiger partial charge is 0.242 e. The summed E-state index contributed by atoms with van der Waals surface area (Å²) >= 11 is 0. The first kappa shape index (κ1) is 14.9. The van der Waals surface area contributed by atoms with Gasteiger partial charge in [0.05, 0.1) is 0 Å². The molecule has 1 amide bonds. The zero-order valence-corrected chi connectivity index (χ0v) is 13.1. The minimum Gasteiger partial charge on any atom is -0.374 e. The van der Waals surface area contributed by atoms with Crippen LogP contribution in [-0.2, 0) is 4.79 Å². The zero-order valence-electron chi connectivity index (χ0n) is 13.1. The van der Waals surface area contributed by atoms with Gasteiger partial charge in [-0.1, -0.05) is 49.6 Å². The Morgan fingerprint density at radius 3 is 2.55 bits per heavy atom. The van der Waals surface area contributed by atoms with E-state index in [1.165, 1.54) is 30.0 Å². The fraction of sp³-hybridized carbons (Fsp3) is 0.421. The zero-order chi connectivity index (χ0) is 15.4. The molecule has 0 bridgehead atoms. The molecule has 1 unspecified atom stereocenters. The molecule has 3 nitrogen and oxygen atoms in total. The molecule has 3 heteroatoms. The van der Waals surface area contributed by atoms with Crippen LogP contribution < -0.4 is 10.6 Å². The highest BCUT2D eigenvalue weighted by Crippen LogP contribution is 2.20. The summed E-state index contributed by atoms with van der Waals surface area (Å²) in [6, 6.07) is 14.6. The number of hydrogen-bond acceptors (Lipinski definition) is 2. The van der Waals surface area contributed by atoms with Crippen molar-refractivity contribution in [3.63, 3.8) is 0 Å². The minimum atomic E-state index is -0.219. The molecule has 0 aromatic heterocycles. The van der Waals surface area contributed by atoms with Crippen LogP contribution in [0.4, 0.5) is 5.69 Å². The van der Waals surface area contributed by atoms with E-state index in [1.54, 1.807) is 0 Å². The van der Waals surface area contributed by atoms with Crippen molar-refractivity contribution in [3.8, 4) is 0 Å². The van der Waals surface area contributed by atoms with Gasteiger partial charge in [0.1, 0.15) is 6.04 Å². The van der Waals surface area contributed by atoms with Gasteiger partial charge >= 0.3 is 0 Å². The van der Waals surface area contributed by atoms with Gasteiger partial charge in [-0.3, -0.25) is 4.79 Å². The van der Waals surface area contributed by atoms with Crippen molar-refractivity contribution in [2.24, 2.45) is 0 Å². The monoisotopic (exact) mass is 296 g/mol. The second kappa shape index (κ2) is 6.82. The molecule has 2 aromatic rings. The van der Waals surface area contributed by atoms with Crippen molar-refractivity contribution in [3.05, 3.63) is 42.5 Å². The van der Waals surface area contributed by atoms with Crippen LogP contribution >= 0.6 is 0 Å². The second-order valence-corrected chi connectivity index (χ2v) is 6.27. The minimum absolute atomic E-state index is 0.0973. The van der Waals surface area contributed by atoms with E-state index in [0.717, 1.165) is 18.5 Å². The highest BCUT2D eigenvalue weighted by Gasteiger charge is 2.19. The van der Waals surface area contributed by atoms with Crippen LogP contribution in [0.15, 0.2) is 42.5 Å². The molecule has 2 aromatic carbocycles. The molecule has 1 fully saturated rings. The molecule has 0 aliphatic heterocycles. The molecule has 2 N–H and O–H groups in total. The number of amides is 1. The third-order valence-electron chi connectivity index (χ3n) is 4.48. The molecule has 0 spiro atoms. The van der Waals surface area contributed by atoms with E-state index >= 15 is 0 Å². The molecular weight excluding hydrogens is 272 g/mol. The summed E-state index contributed by atoms with van der Waals surface area (Å²) in [7, 11) is 0. The van der Waals surface area contributed by atoms with Gasteiger partial charge in [-0.15, -0.1) is 0 Å². The number of carbonyl (C=O) groups excluding carboxylic acids is 1. The predicted octanol–water partition coefficient (Wildman–Crippen LogP) is 4.09. The fourth-order valence-corrected chi connectivity index (χ4v) is 3.17. The number of rotatable bonds is 4. The summed E-state index contributed by atoms with van der Waals surface area (Å²) in [5.41, 5.74) is 0.991. The number of fused-ring (bicyclic) bond motifs is 1. The van der Waals surface area contributed by atoms with Gasteiger partial charge in [-0.25, -0.2) is 0 Å². The van der Waals surface area contributed by atoms with E-state index in [9.17, 15) is 4.79 Å². The largest absolute Gasteiger partial charge is 0.374 e. The van der Waals surface area contributed by atoms with Crippen LogP contribution in [0.3, 0.4) is 0 Å². The fourth-order valence-electron chi connectivity index (χ4n) is 3.17. The van der Waals surface area contributed by atoms with E-state index in [2.05, 4.69) is 34.9 Å². The van der Waals surface area contributed by atoms with Crippen LogP contribution in [0.2, 0.25) is 0 Å². The number of anilines is 1. The van der Waals surface area contributed by atoms with Crippen molar-refractivity contribution in [1.82, 2.24) is 5.32 Å². The predicted molar refractivity (Wildman–Crippen MR) is 92.0 cm³/mol. The number of carbonyl (C=O) groups is 1. The highest BCUT2D eigenvalue weighted by atomic mass is 16.2. The first-order valence-corrected chi connectivity index (χ1v) is 8.28. The summed E-state index contributed by atoms with van der Waals surface area (Å²) in [6.07, 6.45) is 6.01. The topological polar surface area (TPSA) is 41.1 Å². The van der Waals surface area contributed by atoms with Gasteiger partial charge in [-0.05, 0) is 42.7 Å². The van der Waals surface area contributed by atoms with Crippen molar-refractivity contribution in [2.75, 3.05) is 5.32 Å². The van der Waals surface area contributed by atoms with E-state index in [-0.39, 0.29) is 11.9 Å². The Labute approximate surface area is 132 Å². The maximum atomic E-state index is 12.3. The van der Waals surface area contributed by atoms with Gasteiger partial charge in [0, 0.05) is 11.7 Å². The van der Waals surface area contributed by atoms with Gasteiger partial charge in [0.15, 0.2) is 0 Å². The van der Waals surface area contributed by atoms with Gasteiger partial charge in [0.25, 0.3) is 0 Å². The molecule has 3 rings (SSSR count). The van der Waals surface area contributed by atoms with Crippen molar-refractivity contribution >= 4 is 22.4 Å². The maximum Gasteiger partial charge on any atom is 0.242 e. The Morgan fingerprint density at radius 1 is 1.05 bits per heavy atom. The van der Waals surface area contributed by atoms with E-state index in [1.807, 2.05) is 25.1 Å². The Balaban J connectivity index is 1.61. The van der Waals surface area contributed by atoms with Crippen LogP contribution in [0.5, 0.6) is 0 Å². The van der Waals surface area contributed by atoms with Crippen molar-refractivity contribution in [2.45, 2.75) is 51.1 Å². The summed E-state index contributed by atoms with van der Waals surface area (Å²) in [5.74, 6) is 0.0973. The Kier molecular flexibility index (Phi) is 4.62. The number of benzene rings is 2. The first-order chi connectivity index (χ1) is 10.7. The third-order valence-corrected chi connectivity index (χ3v) is 4.48. The lowest BCUT2D eigenvalue weighted by Gasteiger charge is -2.25. The summed E-state index contributed by atoms with van der Waals surface area (Å²) in [5, 5.41) is 8.89. The lowest BCUT2D eigenvalue weighted by molar-refractivity contribution is -0.122. The van der Waals surface area contributed by atoms with Crippen LogP contribution in [0.25, 0.3) is 10.8 Å². The third kappa shape index (κ3) is 3.59. The average Bonchev–Trinajstić information content (AvgIpc) is 2.55. The quantitative estimate of drug-likeness (QED) is 0.892. The summed E-state index contributed by atoms with van der Waals surface area (Å²) < 4.78 is 0. The molecule has 22 heavy (non-hydrogen) atoms. The maximum absolute atomic E-state index is 12.3. The van der Waals surface area contributed by atoms with Crippen molar-refractivity contribution in [1.29, 1.82) is 0 Å². The molecular formula is C19H24N2O. The van der Waals surface area contributed by atoms with Crippen LogP contribution in [0.1, 0.15) is 39.0 Å². The SMILES string of the molecule is CC(Nc1ccc2ccccc2c1)C(=O)NC1CCCCC1. The lowest BCUT2D eigenvalue weighted by Crippen LogP contribution is -2.43. The molecule has 1 aliphatic rings. The first-order valence-electron chi connectivity index (χ1n) is 8.28. The number of nitrogens with one attached hydrogen (secondary N) is 2. The normalized spacial score (nSPS) is 17.1. The van der Waals surface area contributed by atoms with Crippen LogP contribution in [0, 0.1) is 0 Å². The van der Waals surface area contributed by atoms with Gasteiger partial charge in [-0.2, -0.15) is 0 Å². The van der Waals surface area contributed by atoms with Crippen LogP contribution in [-0.4, -0.2) is 18.0 Å². The summed E-state index contributed by atoms with van der Waals surface area (Å²) in [6.45, 7) is 1.92. The molecule has 0 saturated heterocycles. The standard InChI is InChI=1S/C19H24N2O/c1-14(19(22)21-17-9-3-2-4-10-17)20-18-12-11-15-7-5-6-8-16(15)13-18/h5-8,11-14,17,20H,2-4,9-10H2,1H3,(H,21,22). The lowest BCUT2D eigenvalue weighted by atomic mass is 9.95. The second-order valence-electron chi connectivity index (χ2n) is 6.27. The summed E-state index contributed by atoms with van der Waals surface area (Å²) in [4.78, 5) is 12.3. The molecule has 1 aliphatic carbocycles. The van der Waals surface area contributed by atoms with Gasteiger partial charge in [0.2, 0.25) is 5.91 Å². The van der Waals surface area contributed by atoms with E-state index in [0.29, 0.717) is 6.04 Å². The average molecular weight is 296 g/mol. The highest BCUT2D eigenvalue weighted by molar-refractivity contribution is 5.88. The molecule has 116 valence electrons. The Hall–Kier alpha value is -2.03. The molecule has 0 heterocycles. The molecule has 1 saturated carbocycles.